The van der Waals surface area contributed by atoms with Gasteiger partial charge in [0.15, 0.2) is 5.75 Å². The third kappa shape index (κ3) is 2.20. The zero-order valence-electron chi connectivity index (χ0n) is 9.89. The second-order valence-electron chi connectivity index (χ2n) is 4.10. The molecular weight excluding hydrogens is 245 g/mol. The Kier molecular flexibility index (Phi) is 2.76. The fraction of sp³-hybridized carbons (Fsp3) is 0. The molecule has 0 saturated heterocycles. The molecule has 3 aromatic rings. The van der Waals surface area contributed by atoms with Gasteiger partial charge in [-0.2, -0.15) is 0 Å². The normalized spacial score (nSPS) is 10.6. The lowest BCUT2D eigenvalue weighted by molar-refractivity contribution is 0.0736. The van der Waals surface area contributed by atoms with Gasteiger partial charge in [0.05, 0.1) is 11.1 Å². The van der Waals surface area contributed by atoms with Gasteiger partial charge in [-0.1, -0.05) is 18.2 Å². The summed E-state index contributed by atoms with van der Waals surface area (Å²) >= 11 is 0. The molecule has 1 N–H and O–H groups in total. The second kappa shape index (κ2) is 4.57. The number of hydrogen-bond acceptors (Lipinski definition) is 2. The molecule has 0 bridgehead atoms. The van der Waals surface area contributed by atoms with E-state index in [1.165, 1.54) is 12.1 Å². The van der Waals surface area contributed by atoms with E-state index in [1.807, 2.05) is 6.07 Å². The van der Waals surface area contributed by atoms with Crippen molar-refractivity contribution in [2.45, 2.75) is 0 Å². The third-order valence-electron chi connectivity index (χ3n) is 2.80. The summed E-state index contributed by atoms with van der Waals surface area (Å²) in [4.78, 5) is 14.9. The molecule has 3 nitrogen and oxygen atoms in total. The van der Waals surface area contributed by atoms with Gasteiger partial charge < -0.3 is 9.72 Å². The number of benzene rings is 2. The predicted octanol–water partition coefficient (Wildman–Crippen LogP) is 3.53. The number of hydrogen-bond donors (Lipinski definition) is 1. The second-order valence-corrected chi connectivity index (χ2v) is 4.10. The van der Waals surface area contributed by atoms with Crippen LogP contribution in [0.5, 0.6) is 5.75 Å². The average Bonchev–Trinajstić information content (AvgIpc) is 2.88. The minimum Gasteiger partial charge on any atom is -0.421 e. The molecule has 1 heterocycles. The molecule has 3 rings (SSSR count). The van der Waals surface area contributed by atoms with Crippen molar-refractivity contribution in [3.63, 3.8) is 0 Å². The maximum absolute atomic E-state index is 13.4. The number of rotatable bonds is 2. The highest BCUT2D eigenvalue weighted by Crippen LogP contribution is 2.26. The molecule has 94 valence electrons. The first kappa shape index (κ1) is 11.5. The summed E-state index contributed by atoms with van der Waals surface area (Å²) in [5.74, 6) is -0.765. The van der Waals surface area contributed by atoms with Crippen molar-refractivity contribution in [1.82, 2.24) is 4.98 Å². The van der Waals surface area contributed by atoms with Gasteiger partial charge in [-0.3, -0.25) is 0 Å². The number of aromatic amines is 1. The van der Waals surface area contributed by atoms with E-state index < -0.39 is 11.8 Å². The Hall–Kier alpha value is -2.62. The zero-order chi connectivity index (χ0) is 13.2. The van der Waals surface area contributed by atoms with Crippen LogP contribution in [0.4, 0.5) is 4.39 Å². The van der Waals surface area contributed by atoms with E-state index in [-0.39, 0.29) is 5.75 Å². The van der Waals surface area contributed by atoms with Gasteiger partial charge in [-0.25, -0.2) is 9.18 Å². The molecule has 0 spiro atoms. The molecule has 0 amide bonds. The van der Waals surface area contributed by atoms with Gasteiger partial charge in [0.1, 0.15) is 5.82 Å². The van der Waals surface area contributed by atoms with Crippen LogP contribution in [-0.2, 0) is 0 Å². The molecule has 0 aliphatic rings. The van der Waals surface area contributed by atoms with Crippen LogP contribution >= 0.6 is 0 Å². The smallest absolute Gasteiger partial charge is 0.343 e. The fourth-order valence-corrected chi connectivity index (χ4v) is 1.92. The molecule has 19 heavy (non-hydrogen) atoms. The van der Waals surface area contributed by atoms with Gasteiger partial charge in [-0.15, -0.1) is 0 Å². The van der Waals surface area contributed by atoms with Crippen LogP contribution in [-0.4, -0.2) is 11.0 Å². The highest BCUT2D eigenvalue weighted by Gasteiger charge is 2.12. The van der Waals surface area contributed by atoms with Gasteiger partial charge in [0, 0.05) is 17.6 Å². The Bertz CT molecular complexity index is 734. The van der Waals surface area contributed by atoms with E-state index in [1.54, 1.807) is 36.5 Å². The number of aromatic nitrogens is 1. The molecule has 0 saturated carbocycles. The first-order valence-electron chi connectivity index (χ1n) is 5.78. The van der Waals surface area contributed by atoms with Crippen molar-refractivity contribution >= 4 is 16.9 Å². The Balaban J connectivity index is 1.97. The summed E-state index contributed by atoms with van der Waals surface area (Å²) in [5.41, 5.74) is 1.03. The van der Waals surface area contributed by atoms with Crippen LogP contribution in [0.1, 0.15) is 10.4 Å². The predicted molar refractivity (Wildman–Crippen MR) is 69.7 cm³/mol. The van der Waals surface area contributed by atoms with Crippen molar-refractivity contribution in [2.75, 3.05) is 0 Å². The molecule has 0 aliphatic carbocycles. The monoisotopic (exact) mass is 255 g/mol. The number of H-pyrrole nitrogens is 1. The van der Waals surface area contributed by atoms with Gasteiger partial charge in [0.25, 0.3) is 0 Å². The molecular formula is C15H10FNO2. The molecule has 0 radical (unpaired) electrons. The minimum atomic E-state index is -0.512. The lowest BCUT2D eigenvalue weighted by Crippen LogP contribution is -2.08. The quantitative estimate of drug-likeness (QED) is 0.562. The van der Waals surface area contributed by atoms with Crippen molar-refractivity contribution in [3.05, 3.63) is 66.1 Å². The maximum atomic E-state index is 13.4. The SMILES string of the molecule is O=C(Oc1cc(F)cc2cc[nH]c12)c1ccccc1. The standard InChI is InChI=1S/C15H10FNO2/c16-12-8-11-6-7-17-14(11)13(9-12)19-15(18)10-4-2-1-3-5-10/h1-9,17H. The van der Waals surface area contributed by atoms with E-state index in [0.717, 1.165) is 0 Å². The first-order chi connectivity index (χ1) is 9.24. The van der Waals surface area contributed by atoms with Crippen molar-refractivity contribution in [2.24, 2.45) is 0 Å². The average molecular weight is 255 g/mol. The van der Waals surface area contributed by atoms with Gasteiger partial charge in [0.2, 0.25) is 0 Å². The highest BCUT2D eigenvalue weighted by molar-refractivity contribution is 5.94. The molecule has 4 heteroatoms. The van der Waals surface area contributed by atoms with Gasteiger partial charge >= 0.3 is 5.97 Å². The highest BCUT2D eigenvalue weighted by atomic mass is 19.1. The summed E-state index contributed by atoms with van der Waals surface area (Å²) in [6, 6.07) is 12.9. The van der Waals surface area contributed by atoms with E-state index in [4.69, 9.17) is 4.74 Å². The molecule has 0 unspecified atom stereocenters. The minimum absolute atomic E-state index is 0.189. The van der Waals surface area contributed by atoms with E-state index >= 15 is 0 Å². The number of fused-ring (bicyclic) bond motifs is 1. The molecule has 2 aromatic carbocycles. The number of carbonyl (C=O) groups excluding carboxylic acids is 1. The lowest BCUT2D eigenvalue weighted by atomic mass is 10.2. The van der Waals surface area contributed by atoms with Crippen LogP contribution in [0.2, 0.25) is 0 Å². The summed E-state index contributed by atoms with van der Waals surface area (Å²) in [7, 11) is 0. The first-order valence-corrected chi connectivity index (χ1v) is 5.78. The fourth-order valence-electron chi connectivity index (χ4n) is 1.92. The topological polar surface area (TPSA) is 42.1 Å². The molecule has 0 fully saturated rings. The van der Waals surface area contributed by atoms with Crippen LogP contribution in [0, 0.1) is 5.82 Å². The van der Waals surface area contributed by atoms with Crippen LogP contribution in [0.3, 0.4) is 0 Å². The van der Waals surface area contributed by atoms with Gasteiger partial charge in [-0.05, 0) is 24.3 Å². The van der Waals surface area contributed by atoms with E-state index in [9.17, 15) is 9.18 Å². The molecule has 0 atom stereocenters. The van der Waals surface area contributed by atoms with Crippen LogP contribution in [0.25, 0.3) is 10.9 Å². The Morgan fingerprint density at radius 1 is 1.11 bits per heavy atom. The lowest BCUT2D eigenvalue weighted by Gasteiger charge is -2.06. The van der Waals surface area contributed by atoms with E-state index in [0.29, 0.717) is 16.5 Å². The Morgan fingerprint density at radius 2 is 1.89 bits per heavy atom. The summed E-state index contributed by atoms with van der Waals surface area (Å²) in [6.45, 7) is 0. The summed E-state index contributed by atoms with van der Waals surface area (Å²) in [5, 5.41) is 0.663. The largest absolute Gasteiger partial charge is 0.421 e. The van der Waals surface area contributed by atoms with Crippen molar-refractivity contribution in [3.8, 4) is 5.75 Å². The van der Waals surface area contributed by atoms with Crippen LogP contribution < -0.4 is 4.74 Å². The Labute approximate surface area is 108 Å². The number of esters is 1. The number of halogens is 1. The molecule has 0 aliphatic heterocycles. The summed E-state index contributed by atoms with van der Waals surface area (Å²) in [6.07, 6.45) is 1.67. The number of nitrogens with one attached hydrogen (secondary N) is 1. The van der Waals surface area contributed by atoms with E-state index in [2.05, 4.69) is 4.98 Å². The summed E-state index contributed by atoms with van der Waals surface area (Å²) < 4.78 is 18.7. The van der Waals surface area contributed by atoms with Crippen molar-refractivity contribution < 1.29 is 13.9 Å². The Morgan fingerprint density at radius 3 is 2.68 bits per heavy atom. The van der Waals surface area contributed by atoms with Crippen LogP contribution in [0.15, 0.2) is 54.7 Å². The third-order valence-corrected chi connectivity index (χ3v) is 2.80. The zero-order valence-corrected chi connectivity index (χ0v) is 9.89. The number of carbonyl (C=O) groups is 1. The maximum Gasteiger partial charge on any atom is 0.343 e. The molecule has 1 aromatic heterocycles. The number of ether oxygens (including phenoxy) is 1. The van der Waals surface area contributed by atoms with Crippen molar-refractivity contribution in [1.29, 1.82) is 0 Å².